The lowest BCUT2D eigenvalue weighted by Gasteiger charge is -2.46. The van der Waals surface area contributed by atoms with Crippen LogP contribution in [0.15, 0.2) is 36.4 Å². The smallest absolute Gasteiger partial charge is 0.329 e. The molecule has 1 spiro atoms. The summed E-state index contributed by atoms with van der Waals surface area (Å²) in [4.78, 5) is 10.7. The number of benzene rings is 2. The van der Waals surface area contributed by atoms with Crippen molar-refractivity contribution in [2.75, 3.05) is 13.2 Å². The Balaban J connectivity index is 1.36. The van der Waals surface area contributed by atoms with Crippen LogP contribution in [0, 0.1) is 18.6 Å². The second kappa shape index (κ2) is 7.00. The van der Waals surface area contributed by atoms with E-state index in [0.29, 0.717) is 30.1 Å². The molecular weight excluding hydrogens is 406 g/mol. The van der Waals surface area contributed by atoms with E-state index < -0.39 is 11.8 Å². The highest BCUT2D eigenvalue weighted by Gasteiger charge is 2.86. The minimum absolute atomic E-state index is 0.279. The van der Waals surface area contributed by atoms with Crippen molar-refractivity contribution in [3.8, 4) is 11.5 Å². The number of hydrogen-bond donors (Lipinski definition) is 1. The van der Waals surface area contributed by atoms with Crippen molar-refractivity contribution in [1.29, 1.82) is 0 Å². The first-order valence-electron chi connectivity index (χ1n) is 10.5. The van der Waals surface area contributed by atoms with Crippen molar-refractivity contribution in [2.45, 2.75) is 55.6 Å². The van der Waals surface area contributed by atoms with E-state index in [-0.39, 0.29) is 29.0 Å². The topological polar surface area (TPSA) is 68.3 Å². The third-order valence-electron chi connectivity index (χ3n) is 7.38. The summed E-state index contributed by atoms with van der Waals surface area (Å²) in [5.41, 5.74) is 0.416. The Bertz CT molecular complexity index is 1050. The summed E-state index contributed by atoms with van der Waals surface area (Å²) in [6, 6.07) is 9.26. The molecule has 0 aromatic heterocycles. The Kier molecular flexibility index (Phi) is 4.61. The molecule has 2 saturated carbocycles. The van der Waals surface area contributed by atoms with Gasteiger partial charge in [0, 0.05) is 24.0 Å². The van der Waals surface area contributed by atoms with Crippen molar-refractivity contribution < 1.29 is 32.9 Å². The van der Waals surface area contributed by atoms with Crippen LogP contribution in [0.5, 0.6) is 11.5 Å². The number of aliphatic carboxylic acids is 1. The molecule has 2 aliphatic carbocycles. The summed E-state index contributed by atoms with van der Waals surface area (Å²) in [5.74, 6) is -1.12. The minimum atomic E-state index is -0.992. The van der Waals surface area contributed by atoms with E-state index in [4.69, 9.17) is 19.3 Å². The van der Waals surface area contributed by atoms with Crippen LogP contribution < -0.4 is 4.74 Å². The summed E-state index contributed by atoms with van der Waals surface area (Å²) in [6.07, 6.45) is 4.12. The average Bonchev–Trinajstić information content (AvgIpc) is 3.35. The number of carbonyl (C=O) groups is 1. The molecule has 0 amide bonds. The molecular formula is C24H24F2O5. The van der Waals surface area contributed by atoms with Gasteiger partial charge in [-0.2, -0.15) is 0 Å². The first-order chi connectivity index (χ1) is 14.8. The van der Waals surface area contributed by atoms with Gasteiger partial charge >= 0.3 is 5.97 Å². The van der Waals surface area contributed by atoms with E-state index in [1.54, 1.807) is 25.1 Å². The first-order valence-corrected chi connectivity index (χ1v) is 10.5. The van der Waals surface area contributed by atoms with Gasteiger partial charge in [0.05, 0.1) is 6.61 Å². The van der Waals surface area contributed by atoms with Crippen LogP contribution >= 0.6 is 0 Å². The van der Waals surface area contributed by atoms with Gasteiger partial charge in [-0.25, -0.2) is 13.6 Å². The molecule has 1 heterocycles. The predicted molar refractivity (Wildman–Crippen MR) is 107 cm³/mol. The lowest BCUT2D eigenvalue weighted by Crippen LogP contribution is -2.51. The van der Waals surface area contributed by atoms with Gasteiger partial charge in [0.2, 0.25) is 0 Å². The Morgan fingerprint density at radius 1 is 1.10 bits per heavy atom. The zero-order valence-electron chi connectivity index (χ0n) is 17.2. The summed E-state index contributed by atoms with van der Waals surface area (Å²) < 4.78 is 45.7. The lowest BCUT2D eigenvalue weighted by atomic mass is 9.56. The monoisotopic (exact) mass is 430 g/mol. The van der Waals surface area contributed by atoms with E-state index in [1.165, 1.54) is 12.1 Å². The Hall–Kier alpha value is -2.51. The van der Waals surface area contributed by atoms with Crippen LogP contribution in [-0.2, 0) is 19.7 Å². The number of carboxylic acids is 1. The van der Waals surface area contributed by atoms with Crippen LogP contribution in [0.4, 0.5) is 8.78 Å². The molecule has 2 aromatic carbocycles. The van der Waals surface area contributed by atoms with Gasteiger partial charge in [-0.1, -0.05) is 6.07 Å². The molecule has 1 saturated heterocycles. The van der Waals surface area contributed by atoms with Crippen LogP contribution in [0.1, 0.15) is 43.2 Å². The number of aryl methyl sites for hydroxylation is 1. The number of carboxylic acid groups (broad SMARTS) is 1. The van der Waals surface area contributed by atoms with Crippen molar-refractivity contribution >= 4 is 5.97 Å². The SMILES string of the molecule is Cc1ccc(Oc2cc(F)cc(C34CCC5(CCOCC(=O)O)OC53CC4)c2)cc1F. The van der Waals surface area contributed by atoms with Gasteiger partial charge in [0.25, 0.3) is 0 Å². The lowest BCUT2D eigenvalue weighted by molar-refractivity contribution is -0.142. The maximum atomic E-state index is 14.5. The number of halogens is 2. The highest BCUT2D eigenvalue weighted by atomic mass is 19.1. The van der Waals surface area contributed by atoms with Gasteiger partial charge in [0.15, 0.2) is 0 Å². The second-order valence-corrected chi connectivity index (χ2v) is 8.89. The zero-order valence-corrected chi connectivity index (χ0v) is 17.2. The van der Waals surface area contributed by atoms with E-state index in [1.807, 2.05) is 6.07 Å². The van der Waals surface area contributed by atoms with Gasteiger partial charge in [-0.15, -0.1) is 0 Å². The molecule has 0 radical (unpaired) electrons. The highest BCUT2D eigenvalue weighted by Crippen LogP contribution is 2.79. The fourth-order valence-corrected chi connectivity index (χ4v) is 5.74. The molecule has 1 aliphatic heterocycles. The molecule has 3 unspecified atom stereocenters. The van der Waals surface area contributed by atoms with Crippen molar-refractivity contribution in [1.82, 2.24) is 0 Å². The fraction of sp³-hybridized carbons (Fsp3) is 0.458. The van der Waals surface area contributed by atoms with Gasteiger partial charge in [0.1, 0.15) is 40.9 Å². The summed E-state index contributed by atoms with van der Waals surface area (Å²) >= 11 is 0. The number of ether oxygens (including phenoxy) is 3. The molecule has 31 heavy (non-hydrogen) atoms. The molecule has 0 bridgehead atoms. The van der Waals surface area contributed by atoms with E-state index >= 15 is 0 Å². The van der Waals surface area contributed by atoms with Crippen molar-refractivity contribution in [2.24, 2.45) is 0 Å². The molecule has 5 rings (SSSR count). The van der Waals surface area contributed by atoms with Crippen LogP contribution in [-0.4, -0.2) is 35.5 Å². The molecule has 1 N–H and O–H groups in total. The van der Waals surface area contributed by atoms with Crippen molar-refractivity contribution in [3.05, 3.63) is 59.2 Å². The van der Waals surface area contributed by atoms with E-state index in [9.17, 15) is 13.6 Å². The maximum Gasteiger partial charge on any atom is 0.329 e. The largest absolute Gasteiger partial charge is 0.480 e. The third kappa shape index (κ3) is 3.05. The molecule has 7 heteroatoms. The molecule has 2 aromatic rings. The summed E-state index contributed by atoms with van der Waals surface area (Å²) in [6.45, 7) is 1.67. The third-order valence-corrected chi connectivity index (χ3v) is 7.38. The quantitative estimate of drug-likeness (QED) is 0.477. The van der Waals surface area contributed by atoms with E-state index in [0.717, 1.165) is 31.2 Å². The Morgan fingerprint density at radius 3 is 2.61 bits per heavy atom. The summed E-state index contributed by atoms with van der Waals surface area (Å²) in [7, 11) is 0. The number of hydrogen-bond acceptors (Lipinski definition) is 4. The second-order valence-electron chi connectivity index (χ2n) is 8.89. The van der Waals surface area contributed by atoms with Crippen molar-refractivity contribution in [3.63, 3.8) is 0 Å². The predicted octanol–water partition coefficient (Wildman–Crippen LogP) is 4.89. The maximum absolute atomic E-state index is 14.5. The summed E-state index contributed by atoms with van der Waals surface area (Å²) in [5, 5.41) is 8.74. The molecule has 3 atom stereocenters. The van der Waals surface area contributed by atoms with Crippen LogP contribution in [0.2, 0.25) is 0 Å². The van der Waals surface area contributed by atoms with Gasteiger partial charge in [-0.05, 0) is 61.9 Å². The minimum Gasteiger partial charge on any atom is -0.480 e. The average molecular weight is 430 g/mol. The number of epoxide rings is 1. The molecule has 5 nitrogen and oxygen atoms in total. The highest BCUT2D eigenvalue weighted by molar-refractivity contribution is 5.68. The van der Waals surface area contributed by atoms with Gasteiger partial charge in [-0.3, -0.25) is 0 Å². The Labute approximate surface area is 178 Å². The molecule has 164 valence electrons. The standard InChI is InChI=1S/C24H24F2O5/c1-15-2-3-18(13-20(15)26)30-19-11-16(10-17(25)12-19)22-4-6-23(8-9-29-14-21(27)28)24(22,31-23)7-5-22/h2-3,10-13H,4-9,14H2,1H3,(H,27,28). The van der Waals surface area contributed by atoms with Crippen LogP contribution in [0.25, 0.3) is 0 Å². The number of rotatable bonds is 8. The molecule has 3 aliphatic rings. The van der Waals surface area contributed by atoms with Crippen LogP contribution in [0.3, 0.4) is 0 Å². The fourth-order valence-electron chi connectivity index (χ4n) is 5.74. The normalized spacial score (nSPS) is 30.3. The first kappa shape index (κ1) is 20.4. The van der Waals surface area contributed by atoms with Gasteiger partial charge < -0.3 is 19.3 Å². The van der Waals surface area contributed by atoms with E-state index in [2.05, 4.69) is 0 Å². The Morgan fingerprint density at radius 2 is 1.90 bits per heavy atom. The molecule has 3 fully saturated rings. The zero-order chi connectivity index (χ0) is 21.9.